The predicted molar refractivity (Wildman–Crippen MR) is 68.4 cm³/mol. The molecule has 1 aromatic rings. The summed E-state index contributed by atoms with van der Waals surface area (Å²) in [6, 6.07) is 10.6. The van der Waals surface area contributed by atoms with Crippen LogP contribution in [0.5, 0.6) is 0 Å². The van der Waals surface area contributed by atoms with Crippen molar-refractivity contribution in [1.82, 2.24) is 9.80 Å². The number of piperazine rings is 1. The molecule has 1 N–H and O–H groups in total. The summed E-state index contributed by atoms with van der Waals surface area (Å²) < 4.78 is 0. The third-order valence-electron chi connectivity index (χ3n) is 3.14. The number of hydrogen-bond donors (Lipinski definition) is 1. The first-order chi connectivity index (χ1) is 8.38. The molecular weight excluding hydrogens is 214 g/mol. The molecule has 2 rings (SSSR count). The van der Waals surface area contributed by atoms with Crippen molar-refractivity contribution < 1.29 is 5.21 Å². The van der Waals surface area contributed by atoms with E-state index in [9.17, 15) is 0 Å². The van der Waals surface area contributed by atoms with E-state index in [0.717, 1.165) is 39.3 Å². The van der Waals surface area contributed by atoms with Gasteiger partial charge in [0.05, 0.1) is 6.21 Å². The number of rotatable bonds is 4. The van der Waals surface area contributed by atoms with Gasteiger partial charge in [-0.25, -0.2) is 0 Å². The highest BCUT2D eigenvalue weighted by molar-refractivity contribution is 5.58. The van der Waals surface area contributed by atoms with Crippen LogP contribution in [0, 0.1) is 0 Å². The maximum absolute atomic E-state index is 8.38. The van der Waals surface area contributed by atoms with Gasteiger partial charge >= 0.3 is 0 Å². The topological polar surface area (TPSA) is 39.1 Å². The van der Waals surface area contributed by atoms with Crippen LogP contribution >= 0.6 is 0 Å². The Morgan fingerprint density at radius 2 is 1.71 bits per heavy atom. The average molecular weight is 233 g/mol. The van der Waals surface area contributed by atoms with Gasteiger partial charge in [-0.05, 0) is 5.56 Å². The molecule has 0 amide bonds. The van der Waals surface area contributed by atoms with Gasteiger partial charge in [0, 0.05) is 39.3 Å². The summed E-state index contributed by atoms with van der Waals surface area (Å²) in [5, 5.41) is 11.4. The second-order valence-corrected chi connectivity index (χ2v) is 4.36. The minimum absolute atomic E-state index is 0.746. The van der Waals surface area contributed by atoms with Crippen molar-refractivity contribution >= 4 is 6.21 Å². The molecule has 17 heavy (non-hydrogen) atoms. The quantitative estimate of drug-likeness (QED) is 0.483. The monoisotopic (exact) mass is 233 g/mol. The molecule has 0 spiro atoms. The van der Waals surface area contributed by atoms with Crippen LogP contribution in [-0.4, -0.2) is 53.9 Å². The molecule has 0 atom stereocenters. The highest BCUT2D eigenvalue weighted by atomic mass is 16.4. The molecule has 0 unspecified atom stereocenters. The van der Waals surface area contributed by atoms with Crippen molar-refractivity contribution in [3.8, 4) is 0 Å². The molecule has 4 nitrogen and oxygen atoms in total. The van der Waals surface area contributed by atoms with Crippen molar-refractivity contribution in [2.24, 2.45) is 5.16 Å². The van der Waals surface area contributed by atoms with Crippen LogP contribution in [-0.2, 0) is 6.54 Å². The summed E-state index contributed by atoms with van der Waals surface area (Å²) in [7, 11) is 0. The lowest BCUT2D eigenvalue weighted by atomic mass is 10.2. The Hall–Kier alpha value is -1.39. The van der Waals surface area contributed by atoms with E-state index in [2.05, 4.69) is 45.3 Å². The van der Waals surface area contributed by atoms with Gasteiger partial charge in [0.15, 0.2) is 0 Å². The molecule has 1 fully saturated rings. The molecule has 1 saturated heterocycles. The molecule has 92 valence electrons. The maximum Gasteiger partial charge on any atom is 0.0576 e. The lowest BCUT2D eigenvalue weighted by Crippen LogP contribution is -2.46. The number of nitrogens with zero attached hydrogens (tertiary/aromatic N) is 3. The highest BCUT2D eigenvalue weighted by Gasteiger charge is 2.15. The van der Waals surface area contributed by atoms with Crippen molar-refractivity contribution in [3.05, 3.63) is 35.9 Å². The van der Waals surface area contributed by atoms with Crippen LogP contribution in [0.1, 0.15) is 5.56 Å². The van der Waals surface area contributed by atoms with Crippen LogP contribution in [0.3, 0.4) is 0 Å². The Kier molecular flexibility index (Phi) is 4.53. The third kappa shape index (κ3) is 3.84. The molecule has 1 heterocycles. The molecule has 1 aliphatic heterocycles. The van der Waals surface area contributed by atoms with Crippen LogP contribution in [0.4, 0.5) is 0 Å². The average Bonchev–Trinajstić information content (AvgIpc) is 2.39. The van der Waals surface area contributed by atoms with Gasteiger partial charge in [-0.1, -0.05) is 30.3 Å². The summed E-state index contributed by atoms with van der Waals surface area (Å²) in [5.74, 6) is 0. The van der Waals surface area contributed by atoms with E-state index in [0.29, 0.717) is 0 Å². The van der Waals surface area contributed by atoms with Crippen molar-refractivity contribution in [1.29, 1.82) is 0 Å². The second kappa shape index (κ2) is 6.37. The SMILES string of the molecule is O/N=C\CN1CCN(Cc2ccccc2)CC1. The fourth-order valence-electron chi connectivity index (χ4n) is 2.12. The summed E-state index contributed by atoms with van der Waals surface area (Å²) in [5.41, 5.74) is 1.37. The fraction of sp³-hybridized carbons (Fsp3) is 0.462. The molecule has 0 aromatic heterocycles. The molecular formula is C13H19N3O. The number of benzene rings is 1. The lowest BCUT2D eigenvalue weighted by Gasteiger charge is -2.33. The third-order valence-corrected chi connectivity index (χ3v) is 3.14. The zero-order valence-electron chi connectivity index (χ0n) is 10.00. The van der Waals surface area contributed by atoms with Crippen molar-refractivity contribution in [3.63, 3.8) is 0 Å². The van der Waals surface area contributed by atoms with Crippen LogP contribution in [0.15, 0.2) is 35.5 Å². The molecule has 0 saturated carbocycles. The highest BCUT2D eigenvalue weighted by Crippen LogP contribution is 2.07. The largest absolute Gasteiger partial charge is 0.411 e. The van der Waals surface area contributed by atoms with Gasteiger partial charge in [-0.3, -0.25) is 9.80 Å². The van der Waals surface area contributed by atoms with E-state index in [4.69, 9.17) is 5.21 Å². The van der Waals surface area contributed by atoms with E-state index in [1.807, 2.05) is 0 Å². The smallest absolute Gasteiger partial charge is 0.0576 e. The maximum atomic E-state index is 8.38. The summed E-state index contributed by atoms with van der Waals surface area (Å²) in [6.45, 7) is 6.01. The minimum atomic E-state index is 0.746. The minimum Gasteiger partial charge on any atom is -0.411 e. The first-order valence-corrected chi connectivity index (χ1v) is 6.03. The Bertz CT molecular complexity index is 345. The Morgan fingerprint density at radius 3 is 2.35 bits per heavy atom. The summed E-state index contributed by atoms with van der Waals surface area (Å²) in [4.78, 5) is 4.75. The van der Waals surface area contributed by atoms with Gasteiger partial charge in [-0.15, -0.1) is 5.16 Å². The Balaban J connectivity index is 1.76. The molecule has 1 aromatic carbocycles. The fourth-order valence-corrected chi connectivity index (χ4v) is 2.12. The van der Waals surface area contributed by atoms with Crippen LogP contribution in [0.25, 0.3) is 0 Å². The molecule has 4 heteroatoms. The number of oxime groups is 1. The molecule has 1 aliphatic rings. The van der Waals surface area contributed by atoms with Gasteiger partial charge in [0.1, 0.15) is 0 Å². The zero-order valence-corrected chi connectivity index (χ0v) is 10.00. The first-order valence-electron chi connectivity index (χ1n) is 6.03. The van der Waals surface area contributed by atoms with E-state index >= 15 is 0 Å². The predicted octanol–water partition coefficient (Wildman–Crippen LogP) is 1.26. The zero-order chi connectivity index (χ0) is 11.9. The van der Waals surface area contributed by atoms with E-state index in [1.54, 1.807) is 6.21 Å². The van der Waals surface area contributed by atoms with Crippen molar-refractivity contribution in [2.45, 2.75) is 6.54 Å². The summed E-state index contributed by atoms with van der Waals surface area (Å²) in [6.07, 6.45) is 1.55. The molecule has 0 radical (unpaired) electrons. The van der Waals surface area contributed by atoms with E-state index in [1.165, 1.54) is 5.56 Å². The van der Waals surface area contributed by atoms with Gasteiger partial charge in [0.2, 0.25) is 0 Å². The van der Waals surface area contributed by atoms with E-state index in [-0.39, 0.29) is 0 Å². The van der Waals surface area contributed by atoms with Crippen LogP contribution < -0.4 is 0 Å². The van der Waals surface area contributed by atoms with Gasteiger partial charge < -0.3 is 5.21 Å². The molecule has 0 bridgehead atoms. The standard InChI is InChI=1S/C13H19N3O/c17-14-6-7-15-8-10-16(11-9-15)12-13-4-2-1-3-5-13/h1-6,17H,7-12H2/b14-6-. The summed E-state index contributed by atoms with van der Waals surface area (Å²) >= 11 is 0. The first kappa shape index (κ1) is 12.1. The Morgan fingerprint density at radius 1 is 1.06 bits per heavy atom. The van der Waals surface area contributed by atoms with Gasteiger partial charge in [-0.2, -0.15) is 0 Å². The van der Waals surface area contributed by atoms with Crippen molar-refractivity contribution in [2.75, 3.05) is 32.7 Å². The second-order valence-electron chi connectivity index (χ2n) is 4.36. The lowest BCUT2D eigenvalue weighted by molar-refractivity contribution is 0.140. The molecule has 0 aliphatic carbocycles. The van der Waals surface area contributed by atoms with E-state index < -0.39 is 0 Å². The number of hydrogen-bond acceptors (Lipinski definition) is 4. The van der Waals surface area contributed by atoms with Crippen LogP contribution in [0.2, 0.25) is 0 Å². The Labute approximate surface area is 102 Å². The van der Waals surface area contributed by atoms with Gasteiger partial charge in [0.25, 0.3) is 0 Å². The normalized spacial score (nSPS) is 18.8.